The van der Waals surface area contributed by atoms with Gasteiger partial charge in [0.05, 0.1) is 6.04 Å². The molecular weight excluding hydrogens is 302 g/mol. The molecule has 1 atom stereocenters. The van der Waals surface area contributed by atoms with E-state index in [0.29, 0.717) is 25.8 Å². The molecule has 122 valence electrons. The van der Waals surface area contributed by atoms with Crippen molar-refractivity contribution in [3.8, 4) is 0 Å². The van der Waals surface area contributed by atoms with Crippen LogP contribution in [-0.4, -0.2) is 24.9 Å². The fourth-order valence-electron chi connectivity index (χ4n) is 2.52. The Labute approximate surface area is 137 Å². The topological polar surface area (TPSA) is 75.4 Å². The van der Waals surface area contributed by atoms with Crippen molar-refractivity contribution in [2.24, 2.45) is 5.73 Å². The summed E-state index contributed by atoms with van der Waals surface area (Å²) in [6.45, 7) is 3.28. The Balaban J connectivity index is 0.00000242. The van der Waals surface area contributed by atoms with Crippen molar-refractivity contribution >= 4 is 29.9 Å². The number of hydrogen-bond donors (Lipinski definition) is 2. The van der Waals surface area contributed by atoms with E-state index < -0.39 is 0 Å². The molecule has 0 radical (unpaired) electrons. The zero-order chi connectivity index (χ0) is 15.2. The van der Waals surface area contributed by atoms with Crippen molar-refractivity contribution in [1.82, 2.24) is 5.32 Å². The second-order valence-electron chi connectivity index (χ2n) is 5.42. The lowest BCUT2D eigenvalue weighted by Crippen LogP contribution is -2.27. The first-order valence-electron chi connectivity index (χ1n) is 7.51. The maximum absolute atomic E-state index is 11.7. The molecule has 1 unspecified atom stereocenters. The number of nitrogens with zero attached hydrogens (tertiary/aromatic N) is 1. The van der Waals surface area contributed by atoms with E-state index in [2.05, 4.69) is 5.32 Å². The predicted molar refractivity (Wildman–Crippen MR) is 90.1 cm³/mol. The quantitative estimate of drug-likeness (QED) is 0.841. The predicted octanol–water partition coefficient (Wildman–Crippen LogP) is 2.15. The van der Waals surface area contributed by atoms with Gasteiger partial charge in [0, 0.05) is 25.1 Å². The zero-order valence-corrected chi connectivity index (χ0v) is 13.7. The Bertz CT molecular complexity index is 505. The molecule has 1 saturated heterocycles. The average molecular weight is 326 g/mol. The van der Waals surface area contributed by atoms with Crippen LogP contribution in [-0.2, 0) is 9.59 Å². The number of benzene rings is 1. The molecule has 1 heterocycles. The summed E-state index contributed by atoms with van der Waals surface area (Å²) < 4.78 is 0. The van der Waals surface area contributed by atoms with Gasteiger partial charge in [0.2, 0.25) is 11.8 Å². The van der Waals surface area contributed by atoms with Gasteiger partial charge in [-0.3, -0.25) is 9.59 Å². The standard InChI is InChI=1S/C16H23N3O2.ClH/c1-12(18-15(20)4-2-10-17)13-6-8-14(9-7-13)19-11-3-5-16(19)21;/h6-9,12H,2-5,10-11,17H2,1H3,(H,18,20);1H. The van der Waals surface area contributed by atoms with Gasteiger partial charge in [0.25, 0.3) is 0 Å². The zero-order valence-electron chi connectivity index (χ0n) is 12.9. The minimum atomic E-state index is -0.0430. The van der Waals surface area contributed by atoms with Gasteiger partial charge < -0.3 is 16.0 Å². The van der Waals surface area contributed by atoms with Crippen molar-refractivity contribution in [2.75, 3.05) is 18.0 Å². The van der Waals surface area contributed by atoms with E-state index in [1.54, 1.807) is 0 Å². The fourth-order valence-corrected chi connectivity index (χ4v) is 2.52. The highest BCUT2D eigenvalue weighted by atomic mass is 35.5. The van der Waals surface area contributed by atoms with Gasteiger partial charge >= 0.3 is 0 Å². The summed E-state index contributed by atoms with van der Waals surface area (Å²) in [4.78, 5) is 25.2. The van der Waals surface area contributed by atoms with E-state index in [1.165, 1.54) is 0 Å². The van der Waals surface area contributed by atoms with Crippen LogP contribution < -0.4 is 16.0 Å². The van der Waals surface area contributed by atoms with Crippen molar-refractivity contribution in [2.45, 2.75) is 38.6 Å². The monoisotopic (exact) mass is 325 g/mol. The minimum Gasteiger partial charge on any atom is -0.350 e. The lowest BCUT2D eigenvalue weighted by atomic mass is 10.1. The molecule has 0 aromatic heterocycles. The summed E-state index contributed by atoms with van der Waals surface area (Å²) in [5.74, 6) is 0.206. The van der Waals surface area contributed by atoms with E-state index in [9.17, 15) is 9.59 Å². The number of nitrogens with two attached hydrogens (primary N) is 1. The second-order valence-corrected chi connectivity index (χ2v) is 5.42. The average Bonchev–Trinajstić information content (AvgIpc) is 2.91. The van der Waals surface area contributed by atoms with Crippen LogP contribution in [0.1, 0.15) is 44.2 Å². The molecule has 2 rings (SSSR count). The highest BCUT2D eigenvalue weighted by molar-refractivity contribution is 5.95. The van der Waals surface area contributed by atoms with Gasteiger partial charge in [-0.1, -0.05) is 12.1 Å². The number of amides is 2. The van der Waals surface area contributed by atoms with Gasteiger partial charge in [-0.2, -0.15) is 0 Å². The molecule has 6 heteroatoms. The van der Waals surface area contributed by atoms with Gasteiger partial charge in [-0.25, -0.2) is 0 Å². The van der Waals surface area contributed by atoms with E-state index in [-0.39, 0.29) is 30.3 Å². The van der Waals surface area contributed by atoms with Crippen LogP contribution in [0.5, 0.6) is 0 Å². The van der Waals surface area contributed by atoms with Crippen molar-refractivity contribution in [3.63, 3.8) is 0 Å². The highest BCUT2D eigenvalue weighted by Gasteiger charge is 2.21. The maximum Gasteiger partial charge on any atom is 0.227 e. The van der Waals surface area contributed by atoms with E-state index in [1.807, 2.05) is 36.1 Å². The van der Waals surface area contributed by atoms with Crippen LogP contribution in [0, 0.1) is 0 Å². The molecule has 1 aromatic carbocycles. The highest BCUT2D eigenvalue weighted by Crippen LogP contribution is 2.23. The molecule has 1 fully saturated rings. The lowest BCUT2D eigenvalue weighted by molar-refractivity contribution is -0.121. The lowest BCUT2D eigenvalue weighted by Gasteiger charge is -2.18. The molecule has 22 heavy (non-hydrogen) atoms. The van der Waals surface area contributed by atoms with Crippen LogP contribution >= 0.6 is 12.4 Å². The van der Waals surface area contributed by atoms with Gasteiger partial charge in [-0.15, -0.1) is 12.4 Å². The first-order valence-corrected chi connectivity index (χ1v) is 7.51. The Kier molecular flexibility index (Phi) is 7.35. The smallest absolute Gasteiger partial charge is 0.227 e. The fraction of sp³-hybridized carbons (Fsp3) is 0.500. The van der Waals surface area contributed by atoms with E-state index in [0.717, 1.165) is 24.2 Å². The minimum absolute atomic E-state index is 0. The largest absolute Gasteiger partial charge is 0.350 e. The van der Waals surface area contributed by atoms with Crippen LogP contribution in [0.15, 0.2) is 24.3 Å². The molecule has 0 saturated carbocycles. The first kappa shape index (κ1) is 18.5. The van der Waals surface area contributed by atoms with Crippen LogP contribution in [0.25, 0.3) is 0 Å². The molecule has 5 nitrogen and oxygen atoms in total. The number of rotatable bonds is 6. The molecule has 1 aliphatic heterocycles. The molecule has 1 aromatic rings. The van der Waals surface area contributed by atoms with E-state index in [4.69, 9.17) is 5.73 Å². The normalized spacial score (nSPS) is 15.4. The molecular formula is C16H24ClN3O2. The first-order chi connectivity index (χ1) is 10.1. The van der Waals surface area contributed by atoms with Gasteiger partial charge in [0.15, 0.2) is 0 Å². The van der Waals surface area contributed by atoms with Crippen LogP contribution in [0.3, 0.4) is 0 Å². The molecule has 0 spiro atoms. The molecule has 1 aliphatic rings. The third-order valence-electron chi connectivity index (χ3n) is 3.76. The summed E-state index contributed by atoms with van der Waals surface area (Å²) >= 11 is 0. The Morgan fingerprint density at radius 2 is 2.05 bits per heavy atom. The number of hydrogen-bond acceptors (Lipinski definition) is 3. The Hall–Kier alpha value is -1.59. The van der Waals surface area contributed by atoms with E-state index >= 15 is 0 Å². The summed E-state index contributed by atoms with van der Waals surface area (Å²) in [7, 11) is 0. The van der Waals surface area contributed by atoms with Crippen molar-refractivity contribution in [1.29, 1.82) is 0 Å². The third-order valence-corrected chi connectivity index (χ3v) is 3.76. The second kappa shape index (κ2) is 8.76. The molecule has 0 bridgehead atoms. The number of carbonyl (C=O) groups is 2. The number of halogens is 1. The van der Waals surface area contributed by atoms with Crippen molar-refractivity contribution < 1.29 is 9.59 Å². The number of anilines is 1. The number of nitrogens with one attached hydrogen (secondary N) is 1. The third kappa shape index (κ3) is 4.71. The Morgan fingerprint density at radius 3 is 2.59 bits per heavy atom. The summed E-state index contributed by atoms with van der Waals surface area (Å²) in [6.07, 6.45) is 2.72. The number of carbonyl (C=O) groups excluding carboxylic acids is 2. The van der Waals surface area contributed by atoms with Crippen LogP contribution in [0.4, 0.5) is 5.69 Å². The SMILES string of the molecule is CC(NC(=O)CCCN)c1ccc(N2CCCC2=O)cc1.Cl. The molecule has 0 aliphatic carbocycles. The summed E-state index contributed by atoms with van der Waals surface area (Å²) in [5, 5.41) is 2.95. The van der Waals surface area contributed by atoms with Gasteiger partial charge in [0.1, 0.15) is 0 Å². The molecule has 2 amide bonds. The molecule has 3 N–H and O–H groups in total. The van der Waals surface area contributed by atoms with Crippen LogP contribution in [0.2, 0.25) is 0 Å². The summed E-state index contributed by atoms with van der Waals surface area (Å²) in [6, 6.07) is 7.78. The Morgan fingerprint density at radius 1 is 1.36 bits per heavy atom. The maximum atomic E-state index is 11.7. The van der Waals surface area contributed by atoms with Gasteiger partial charge in [-0.05, 0) is 44.0 Å². The summed E-state index contributed by atoms with van der Waals surface area (Å²) in [5.41, 5.74) is 7.36. The van der Waals surface area contributed by atoms with Crippen molar-refractivity contribution in [3.05, 3.63) is 29.8 Å².